The van der Waals surface area contributed by atoms with Crippen molar-refractivity contribution in [1.82, 2.24) is 10.6 Å². The summed E-state index contributed by atoms with van der Waals surface area (Å²) in [4.78, 5) is 4.16. The smallest absolute Gasteiger partial charge is 0.191 e. The zero-order valence-electron chi connectivity index (χ0n) is 10.9. The molecule has 4 heteroatoms. The van der Waals surface area contributed by atoms with Crippen LogP contribution in [0.2, 0.25) is 5.02 Å². The summed E-state index contributed by atoms with van der Waals surface area (Å²) >= 11 is 5.84. The average molecular weight is 266 g/mol. The molecule has 0 aliphatic rings. The number of nitrogens with one attached hydrogen (secondary N) is 2. The predicted octanol–water partition coefficient (Wildman–Crippen LogP) is 2.97. The van der Waals surface area contributed by atoms with Crippen LogP contribution in [0.1, 0.15) is 18.9 Å². The highest BCUT2D eigenvalue weighted by Gasteiger charge is 1.97. The van der Waals surface area contributed by atoms with E-state index in [1.165, 1.54) is 5.56 Å². The summed E-state index contributed by atoms with van der Waals surface area (Å²) in [5.74, 6) is 0.814. The van der Waals surface area contributed by atoms with Crippen molar-refractivity contribution in [2.24, 2.45) is 4.99 Å². The van der Waals surface area contributed by atoms with Crippen LogP contribution in [-0.4, -0.2) is 19.6 Å². The number of nitrogens with zero attached hydrogens (tertiary/aromatic N) is 1. The molecule has 3 nitrogen and oxygen atoms in total. The fourth-order valence-corrected chi connectivity index (χ4v) is 1.58. The largest absolute Gasteiger partial charge is 0.356 e. The third-order valence-electron chi connectivity index (χ3n) is 2.44. The van der Waals surface area contributed by atoms with Gasteiger partial charge in [0.15, 0.2) is 5.96 Å². The van der Waals surface area contributed by atoms with Crippen LogP contribution in [-0.2, 0) is 6.54 Å². The molecule has 0 fully saturated rings. The number of guanidine groups is 1. The predicted molar refractivity (Wildman–Crippen MR) is 79.1 cm³/mol. The van der Waals surface area contributed by atoms with Gasteiger partial charge in [0.2, 0.25) is 0 Å². The highest BCUT2D eigenvalue weighted by Crippen LogP contribution is 2.08. The lowest BCUT2D eigenvalue weighted by molar-refractivity contribution is 0.804. The Morgan fingerprint density at radius 3 is 2.61 bits per heavy atom. The van der Waals surface area contributed by atoms with Gasteiger partial charge in [-0.05, 0) is 31.0 Å². The van der Waals surface area contributed by atoms with Gasteiger partial charge in [-0.2, -0.15) is 0 Å². The quantitative estimate of drug-likeness (QED) is 0.372. The number of hydrogen-bond donors (Lipinski definition) is 2. The van der Waals surface area contributed by atoms with Gasteiger partial charge in [-0.15, -0.1) is 0 Å². The van der Waals surface area contributed by atoms with Crippen LogP contribution in [0.4, 0.5) is 0 Å². The van der Waals surface area contributed by atoms with Gasteiger partial charge in [0.05, 0.1) is 0 Å². The van der Waals surface area contributed by atoms with E-state index in [0.29, 0.717) is 0 Å². The fraction of sp³-hybridized carbons (Fsp3) is 0.357. The SMILES string of the molecule is CC=CCCNC(=NC)NCc1ccc(Cl)cc1. The summed E-state index contributed by atoms with van der Waals surface area (Å²) in [5, 5.41) is 7.26. The third-order valence-corrected chi connectivity index (χ3v) is 2.69. The van der Waals surface area contributed by atoms with E-state index < -0.39 is 0 Å². The molecular weight excluding hydrogens is 246 g/mol. The second-order valence-corrected chi connectivity index (χ2v) is 4.27. The first-order valence-corrected chi connectivity index (χ1v) is 6.44. The Kier molecular flexibility index (Phi) is 6.96. The molecule has 0 saturated carbocycles. The van der Waals surface area contributed by atoms with Crippen molar-refractivity contribution in [3.05, 3.63) is 47.0 Å². The molecule has 0 saturated heterocycles. The standard InChI is InChI=1S/C14H20ClN3/c1-3-4-5-10-17-14(16-2)18-11-12-6-8-13(15)9-7-12/h3-4,6-9H,5,10-11H2,1-2H3,(H2,16,17,18). The van der Waals surface area contributed by atoms with Crippen LogP contribution in [0.25, 0.3) is 0 Å². The molecule has 2 N–H and O–H groups in total. The van der Waals surface area contributed by atoms with Crippen LogP contribution in [0.3, 0.4) is 0 Å². The second-order valence-electron chi connectivity index (χ2n) is 3.84. The van der Waals surface area contributed by atoms with Crippen molar-refractivity contribution in [2.45, 2.75) is 19.9 Å². The number of allylic oxidation sites excluding steroid dienone is 1. The summed E-state index contributed by atoms with van der Waals surface area (Å²) in [6, 6.07) is 7.78. The minimum Gasteiger partial charge on any atom is -0.356 e. The molecule has 0 aliphatic carbocycles. The number of aliphatic imine (C=N–C) groups is 1. The number of halogens is 1. The van der Waals surface area contributed by atoms with E-state index in [-0.39, 0.29) is 0 Å². The van der Waals surface area contributed by atoms with Crippen molar-refractivity contribution in [3.63, 3.8) is 0 Å². The molecule has 0 bridgehead atoms. The summed E-state index contributed by atoms with van der Waals surface area (Å²) in [7, 11) is 1.77. The lowest BCUT2D eigenvalue weighted by Gasteiger charge is -2.11. The Balaban J connectivity index is 2.33. The van der Waals surface area contributed by atoms with Gasteiger partial charge in [-0.25, -0.2) is 0 Å². The van der Waals surface area contributed by atoms with Gasteiger partial charge >= 0.3 is 0 Å². The van der Waals surface area contributed by atoms with Gasteiger partial charge in [0.1, 0.15) is 0 Å². The van der Waals surface area contributed by atoms with Crippen LogP contribution >= 0.6 is 11.6 Å². The molecule has 0 spiro atoms. The molecule has 0 unspecified atom stereocenters. The maximum absolute atomic E-state index is 5.84. The molecule has 1 aromatic carbocycles. The Morgan fingerprint density at radius 2 is 2.00 bits per heavy atom. The molecule has 0 radical (unpaired) electrons. The number of benzene rings is 1. The van der Waals surface area contributed by atoms with Gasteiger partial charge in [0.25, 0.3) is 0 Å². The zero-order chi connectivity index (χ0) is 13.2. The highest BCUT2D eigenvalue weighted by molar-refractivity contribution is 6.30. The van der Waals surface area contributed by atoms with E-state index in [2.05, 4.69) is 21.7 Å². The molecule has 0 atom stereocenters. The van der Waals surface area contributed by atoms with E-state index in [9.17, 15) is 0 Å². The molecule has 1 rings (SSSR count). The Hall–Kier alpha value is -1.48. The molecule has 18 heavy (non-hydrogen) atoms. The molecule has 98 valence electrons. The van der Waals surface area contributed by atoms with Crippen molar-refractivity contribution in [2.75, 3.05) is 13.6 Å². The van der Waals surface area contributed by atoms with Crippen molar-refractivity contribution in [3.8, 4) is 0 Å². The summed E-state index contributed by atoms with van der Waals surface area (Å²) in [6.45, 7) is 3.64. The van der Waals surface area contributed by atoms with E-state index in [1.807, 2.05) is 37.3 Å². The molecule has 0 heterocycles. The number of rotatable bonds is 5. The maximum atomic E-state index is 5.84. The van der Waals surface area contributed by atoms with Gasteiger partial charge < -0.3 is 10.6 Å². The van der Waals surface area contributed by atoms with Crippen molar-refractivity contribution < 1.29 is 0 Å². The van der Waals surface area contributed by atoms with E-state index >= 15 is 0 Å². The average Bonchev–Trinajstić information content (AvgIpc) is 2.40. The van der Waals surface area contributed by atoms with Crippen LogP contribution < -0.4 is 10.6 Å². The van der Waals surface area contributed by atoms with Gasteiger partial charge in [-0.3, -0.25) is 4.99 Å². The monoisotopic (exact) mass is 265 g/mol. The van der Waals surface area contributed by atoms with Gasteiger partial charge in [-0.1, -0.05) is 35.9 Å². The molecule has 0 aromatic heterocycles. The zero-order valence-corrected chi connectivity index (χ0v) is 11.7. The normalized spacial score (nSPS) is 11.8. The van der Waals surface area contributed by atoms with Crippen molar-refractivity contribution in [1.29, 1.82) is 0 Å². The minimum atomic E-state index is 0.737. The highest BCUT2D eigenvalue weighted by atomic mass is 35.5. The lowest BCUT2D eigenvalue weighted by Crippen LogP contribution is -2.37. The second kappa shape index (κ2) is 8.59. The Morgan fingerprint density at radius 1 is 1.28 bits per heavy atom. The first kappa shape index (κ1) is 14.6. The molecular formula is C14H20ClN3. The molecule has 0 amide bonds. The first-order valence-electron chi connectivity index (χ1n) is 6.06. The van der Waals surface area contributed by atoms with Gasteiger partial charge in [0, 0.05) is 25.2 Å². The van der Waals surface area contributed by atoms with Crippen LogP contribution in [0, 0.1) is 0 Å². The molecule has 1 aromatic rings. The Labute approximate surface area is 114 Å². The summed E-state index contributed by atoms with van der Waals surface area (Å²) in [5.41, 5.74) is 1.18. The van der Waals surface area contributed by atoms with Crippen LogP contribution in [0.15, 0.2) is 41.4 Å². The minimum absolute atomic E-state index is 0.737. The Bertz CT molecular complexity index is 396. The summed E-state index contributed by atoms with van der Waals surface area (Å²) < 4.78 is 0. The van der Waals surface area contributed by atoms with Crippen molar-refractivity contribution >= 4 is 17.6 Å². The number of hydrogen-bond acceptors (Lipinski definition) is 1. The topological polar surface area (TPSA) is 36.4 Å². The fourth-order valence-electron chi connectivity index (χ4n) is 1.45. The first-order chi connectivity index (χ1) is 8.76. The third kappa shape index (κ3) is 5.73. The van der Waals surface area contributed by atoms with E-state index in [1.54, 1.807) is 7.05 Å². The van der Waals surface area contributed by atoms with E-state index in [4.69, 9.17) is 11.6 Å². The molecule has 0 aliphatic heterocycles. The lowest BCUT2D eigenvalue weighted by atomic mass is 10.2. The van der Waals surface area contributed by atoms with E-state index in [0.717, 1.165) is 30.5 Å². The summed E-state index contributed by atoms with van der Waals surface area (Å²) in [6.07, 6.45) is 5.17. The maximum Gasteiger partial charge on any atom is 0.191 e. The van der Waals surface area contributed by atoms with Crippen LogP contribution in [0.5, 0.6) is 0 Å².